The van der Waals surface area contributed by atoms with E-state index in [2.05, 4.69) is 15.3 Å². The van der Waals surface area contributed by atoms with Crippen LogP contribution in [0.2, 0.25) is 0 Å². The number of nitro groups is 1. The van der Waals surface area contributed by atoms with Crippen molar-refractivity contribution in [1.29, 1.82) is 0 Å². The highest BCUT2D eigenvalue weighted by atomic mass is 16.6. The summed E-state index contributed by atoms with van der Waals surface area (Å²) in [7, 11) is 0. The molecule has 2 rings (SSSR count). The molecule has 2 heterocycles. The second-order valence-electron chi connectivity index (χ2n) is 3.43. The third-order valence-corrected chi connectivity index (χ3v) is 2.43. The fraction of sp³-hybridized carbons (Fsp3) is 0.500. The van der Waals surface area contributed by atoms with E-state index in [0.717, 1.165) is 13.1 Å². The molecule has 1 saturated heterocycles. The molecule has 8 nitrogen and oxygen atoms in total. The minimum absolute atomic E-state index is 0.0893. The molecule has 1 fully saturated rings. The van der Waals surface area contributed by atoms with Crippen molar-refractivity contribution in [2.75, 3.05) is 36.8 Å². The van der Waals surface area contributed by atoms with Gasteiger partial charge in [0.15, 0.2) is 0 Å². The van der Waals surface area contributed by atoms with Gasteiger partial charge in [-0.3, -0.25) is 10.1 Å². The normalized spacial score (nSPS) is 16.1. The lowest BCUT2D eigenvalue weighted by molar-refractivity contribution is -0.383. The SMILES string of the molecule is Nc1ncnc(N2CCNCC2)c1[N+](=O)[O-]. The lowest BCUT2D eigenvalue weighted by Gasteiger charge is -2.27. The summed E-state index contributed by atoms with van der Waals surface area (Å²) in [6.45, 7) is 2.91. The van der Waals surface area contributed by atoms with Crippen LogP contribution in [0, 0.1) is 10.1 Å². The number of nitrogen functional groups attached to an aromatic ring is 1. The summed E-state index contributed by atoms with van der Waals surface area (Å²) in [6, 6.07) is 0. The number of hydrogen-bond donors (Lipinski definition) is 2. The first kappa shape index (κ1) is 10.6. The van der Waals surface area contributed by atoms with Crippen LogP contribution in [0.1, 0.15) is 0 Å². The van der Waals surface area contributed by atoms with Crippen LogP contribution in [0.3, 0.4) is 0 Å². The number of aromatic nitrogens is 2. The quantitative estimate of drug-likeness (QED) is 0.508. The third-order valence-electron chi connectivity index (χ3n) is 2.43. The van der Waals surface area contributed by atoms with Crippen LogP contribution in [0.4, 0.5) is 17.3 Å². The molecule has 3 N–H and O–H groups in total. The highest BCUT2D eigenvalue weighted by molar-refractivity contribution is 5.68. The molecule has 0 spiro atoms. The van der Waals surface area contributed by atoms with Gasteiger partial charge in [-0.2, -0.15) is 0 Å². The Hall–Kier alpha value is -1.96. The monoisotopic (exact) mass is 224 g/mol. The number of nitrogens with zero attached hydrogens (tertiary/aromatic N) is 4. The molecule has 0 atom stereocenters. The maximum Gasteiger partial charge on any atom is 0.353 e. The highest BCUT2D eigenvalue weighted by Gasteiger charge is 2.26. The number of hydrogen-bond acceptors (Lipinski definition) is 7. The molecule has 0 unspecified atom stereocenters. The van der Waals surface area contributed by atoms with E-state index in [9.17, 15) is 10.1 Å². The molecule has 1 aliphatic rings. The van der Waals surface area contributed by atoms with Crippen molar-refractivity contribution < 1.29 is 4.92 Å². The summed E-state index contributed by atoms with van der Waals surface area (Å²) in [4.78, 5) is 19.8. The average molecular weight is 224 g/mol. The Morgan fingerprint density at radius 3 is 2.75 bits per heavy atom. The van der Waals surface area contributed by atoms with Gasteiger partial charge in [0.05, 0.1) is 4.92 Å². The number of nitrogens with two attached hydrogens (primary N) is 1. The zero-order chi connectivity index (χ0) is 11.5. The van der Waals surface area contributed by atoms with Gasteiger partial charge in [0.25, 0.3) is 0 Å². The molecule has 0 radical (unpaired) electrons. The standard InChI is InChI=1S/C8H12N6O2/c9-7-6(14(15)16)8(12-5-11-7)13-3-1-10-2-4-13/h5,10H,1-4H2,(H2,9,11,12). The van der Waals surface area contributed by atoms with Crippen molar-refractivity contribution >= 4 is 17.3 Å². The Morgan fingerprint density at radius 1 is 1.44 bits per heavy atom. The van der Waals surface area contributed by atoms with Crippen molar-refractivity contribution in [1.82, 2.24) is 15.3 Å². The van der Waals surface area contributed by atoms with Crippen LogP contribution >= 0.6 is 0 Å². The zero-order valence-electron chi connectivity index (χ0n) is 8.59. The van der Waals surface area contributed by atoms with Crippen LogP contribution in [-0.2, 0) is 0 Å². The fourth-order valence-electron chi connectivity index (χ4n) is 1.67. The van der Waals surface area contributed by atoms with E-state index < -0.39 is 4.92 Å². The molecular formula is C8H12N6O2. The minimum Gasteiger partial charge on any atom is -0.378 e. The number of anilines is 2. The first-order chi connectivity index (χ1) is 7.70. The second kappa shape index (κ2) is 4.27. The highest BCUT2D eigenvalue weighted by Crippen LogP contribution is 2.29. The van der Waals surface area contributed by atoms with Crippen molar-refractivity contribution in [2.24, 2.45) is 0 Å². The molecule has 0 aromatic carbocycles. The van der Waals surface area contributed by atoms with Gasteiger partial charge in [-0.25, -0.2) is 9.97 Å². The smallest absolute Gasteiger partial charge is 0.353 e. The summed E-state index contributed by atoms with van der Waals surface area (Å²) in [5.41, 5.74) is 5.29. The largest absolute Gasteiger partial charge is 0.378 e. The minimum atomic E-state index is -0.535. The lowest BCUT2D eigenvalue weighted by atomic mass is 10.3. The second-order valence-corrected chi connectivity index (χ2v) is 3.43. The predicted octanol–water partition coefficient (Wildman–Crippen LogP) is -0.623. The van der Waals surface area contributed by atoms with Gasteiger partial charge in [-0.1, -0.05) is 0 Å². The van der Waals surface area contributed by atoms with Crippen molar-refractivity contribution in [3.8, 4) is 0 Å². The molecule has 0 aliphatic carbocycles. The van der Waals surface area contributed by atoms with Gasteiger partial charge in [-0.05, 0) is 0 Å². The summed E-state index contributed by atoms with van der Waals surface area (Å²) in [6.07, 6.45) is 1.25. The van der Waals surface area contributed by atoms with Gasteiger partial charge in [0.1, 0.15) is 6.33 Å². The van der Waals surface area contributed by atoms with E-state index in [4.69, 9.17) is 5.73 Å². The molecule has 0 amide bonds. The molecule has 8 heteroatoms. The van der Waals surface area contributed by atoms with Gasteiger partial charge in [0, 0.05) is 26.2 Å². The maximum atomic E-state index is 10.9. The lowest BCUT2D eigenvalue weighted by Crippen LogP contribution is -2.44. The molecule has 0 bridgehead atoms. The molecule has 1 aromatic heterocycles. The Kier molecular flexibility index (Phi) is 2.82. The molecule has 1 aromatic rings. The Bertz CT molecular complexity index is 404. The summed E-state index contributed by atoms with van der Waals surface area (Å²) < 4.78 is 0. The summed E-state index contributed by atoms with van der Waals surface area (Å²) in [5, 5.41) is 14.1. The van der Waals surface area contributed by atoms with Crippen LogP contribution in [0.15, 0.2) is 6.33 Å². The van der Waals surface area contributed by atoms with Gasteiger partial charge >= 0.3 is 5.69 Å². The molecule has 16 heavy (non-hydrogen) atoms. The van der Waals surface area contributed by atoms with Crippen molar-refractivity contribution in [2.45, 2.75) is 0 Å². The first-order valence-electron chi connectivity index (χ1n) is 4.90. The number of nitrogens with one attached hydrogen (secondary N) is 1. The molecule has 0 saturated carbocycles. The Balaban J connectivity index is 2.38. The summed E-state index contributed by atoms with van der Waals surface area (Å²) in [5.74, 6) is 0.215. The van der Waals surface area contributed by atoms with Crippen LogP contribution in [0.25, 0.3) is 0 Å². The van der Waals surface area contributed by atoms with Gasteiger partial charge in [0.2, 0.25) is 11.6 Å². The van der Waals surface area contributed by atoms with Crippen LogP contribution < -0.4 is 16.0 Å². The fourth-order valence-corrected chi connectivity index (χ4v) is 1.67. The molecule has 1 aliphatic heterocycles. The zero-order valence-corrected chi connectivity index (χ0v) is 8.59. The van der Waals surface area contributed by atoms with E-state index in [0.29, 0.717) is 18.9 Å². The number of rotatable bonds is 2. The summed E-state index contributed by atoms with van der Waals surface area (Å²) >= 11 is 0. The van der Waals surface area contributed by atoms with Crippen LogP contribution in [0.5, 0.6) is 0 Å². The van der Waals surface area contributed by atoms with E-state index in [-0.39, 0.29) is 11.5 Å². The van der Waals surface area contributed by atoms with E-state index in [1.165, 1.54) is 6.33 Å². The molecular weight excluding hydrogens is 212 g/mol. The topological polar surface area (TPSA) is 110 Å². The Morgan fingerprint density at radius 2 is 2.12 bits per heavy atom. The Labute approximate surface area is 91.6 Å². The van der Waals surface area contributed by atoms with E-state index in [1.807, 2.05) is 4.90 Å². The third kappa shape index (κ3) is 1.87. The number of piperazine rings is 1. The first-order valence-corrected chi connectivity index (χ1v) is 4.90. The predicted molar refractivity (Wildman–Crippen MR) is 58.2 cm³/mol. The average Bonchev–Trinajstić information content (AvgIpc) is 2.29. The maximum absolute atomic E-state index is 10.9. The van der Waals surface area contributed by atoms with E-state index >= 15 is 0 Å². The van der Waals surface area contributed by atoms with E-state index in [1.54, 1.807) is 0 Å². The van der Waals surface area contributed by atoms with Gasteiger partial charge < -0.3 is 16.0 Å². The molecule has 86 valence electrons. The van der Waals surface area contributed by atoms with Crippen molar-refractivity contribution in [3.63, 3.8) is 0 Å². The van der Waals surface area contributed by atoms with Gasteiger partial charge in [-0.15, -0.1) is 0 Å². The van der Waals surface area contributed by atoms with Crippen molar-refractivity contribution in [3.05, 3.63) is 16.4 Å². The van der Waals surface area contributed by atoms with Crippen LogP contribution in [-0.4, -0.2) is 41.1 Å².